The quantitative estimate of drug-likeness (QED) is 0.581. The van der Waals surface area contributed by atoms with Crippen molar-refractivity contribution >= 4 is 6.02 Å². The molecule has 0 aromatic rings. The highest BCUT2D eigenvalue weighted by Crippen LogP contribution is 2.57. The zero-order valence-electron chi connectivity index (χ0n) is 7.12. The first kappa shape index (κ1) is 6.75. The lowest BCUT2D eigenvalue weighted by Crippen LogP contribution is -2.39. The van der Waals surface area contributed by atoms with Gasteiger partial charge in [-0.05, 0) is 31.6 Å². The second kappa shape index (κ2) is 1.95. The summed E-state index contributed by atoms with van der Waals surface area (Å²) in [5.41, 5.74) is 5.60. The van der Waals surface area contributed by atoms with Crippen molar-refractivity contribution in [2.45, 2.75) is 31.3 Å². The van der Waals surface area contributed by atoms with E-state index >= 15 is 0 Å². The lowest BCUT2D eigenvalue weighted by atomic mass is 9.85. The molecular formula is C9H14N2O. The topological polar surface area (TPSA) is 47.6 Å². The van der Waals surface area contributed by atoms with Crippen LogP contribution in [0.2, 0.25) is 0 Å². The van der Waals surface area contributed by atoms with Crippen molar-refractivity contribution in [3.05, 3.63) is 0 Å². The molecule has 3 atom stereocenters. The summed E-state index contributed by atoms with van der Waals surface area (Å²) in [5, 5.41) is 0. The minimum absolute atomic E-state index is 0.0486. The summed E-state index contributed by atoms with van der Waals surface area (Å²) in [6, 6.07) is 0.419. The fourth-order valence-electron chi connectivity index (χ4n) is 2.87. The first-order chi connectivity index (χ1) is 5.80. The van der Waals surface area contributed by atoms with Gasteiger partial charge in [0.25, 0.3) is 6.02 Å². The Morgan fingerprint density at radius 1 is 1.58 bits per heavy atom. The van der Waals surface area contributed by atoms with Crippen molar-refractivity contribution in [3.63, 3.8) is 0 Å². The Hall–Kier alpha value is -0.730. The van der Waals surface area contributed by atoms with E-state index in [0.717, 1.165) is 18.4 Å². The molecule has 2 N–H and O–H groups in total. The summed E-state index contributed by atoms with van der Waals surface area (Å²) in [6.07, 6.45) is 5.21. The van der Waals surface area contributed by atoms with E-state index < -0.39 is 0 Å². The van der Waals surface area contributed by atoms with Gasteiger partial charge in [0.05, 0.1) is 6.54 Å². The van der Waals surface area contributed by atoms with Crippen LogP contribution in [0, 0.1) is 11.8 Å². The molecular weight excluding hydrogens is 152 g/mol. The number of nitrogens with zero attached hydrogens (tertiary/aromatic N) is 1. The van der Waals surface area contributed by atoms with Crippen molar-refractivity contribution in [2.75, 3.05) is 6.54 Å². The lowest BCUT2D eigenvalue weighted by molar-refractivity contribution is 0.0301. The Balaban J connectivity index is 1.83. The minimum atomic E-state index is 0.0486. The Morgan fingerprint density at radius 3 is 3.25 bits per heavy atom. The van der Waals surface area contributed by atoms with Gasteiger partial charge in [-0.1, -0.05) is 0 Å². The Morgan fingerprint density at radius 2 is 2.50 bits per heavy atom. The van der Waals surface area contributed by atoms with Crippen molar-refractivity contribution in [1.29, 1.82) is 0 Å². The smallest absolute Gasteiger partial charge is 0.282 e. The molecule has 2 saturated carbocycles. The van der Waals surface area contributed by atoms with Crippen LogP contribution in [0.15, 0.2) is 4.99 Å². The van der Waals surface area contributed by atoms with Gasteiger partial charge in [0.2, 0.25) is 0 Å². The van der Waals surface area contributed by atoms with E-state index in [-0.39, 0.29) is 5.60 Å². The third kappa shape index (κ3) is 0.740. The van der Waals surface area contributed by atoms with Crippen LogP contribution in [-0.4, -0.2) is 18.2 Å². The fourth-order valence-corrected chi connectivity index (χ4v) is 2.87. The predicted octanol–water partition coefficient (Wildman–Crippen LogP) is 0.890. The fraction of sp³-hybridized carbons (Fsp3) is 0.889. The number of amidine groups is 1. The third-order valence-electron chi connectivity index (χ3n) is 3.58. The molecule has 3 unspecified atom stereocenters. The maximum Gasteiger partial charge on any atom is 0.282 e. The predicted molar refractivity (Wildman–Crippen MR) is 45.8 cm³/mol. The van der Waals surface area contributed by atoms with Gasteiger partial charge in [-0.15, -0.1) is 0 Å². The third-order valence-corrected chi connectivity index (χ3v) is 3.58. The number of aliphatic imine (C=N–C) groups is 1. The molecule has 3 heteroatoms. The molecule has 1 heterocycles. The normalized spacial score (nSPS) is 49.8. The summed E-state index contributed by atoms with van der Waals surface area (Å²) in [7, 11) is 0. The van der Waals surface area contributed by atoms with Gasteiger partial charge in [-0.25, -0.2) is 4.99 Å². The highest BCUT2D eigenvalue weighted by Gasteiger charge is 2.58. The van der Waals surface area contributed by atoms with Crippen LogP contribution in [0.3, 0.4) is 0 Å². The number of rotatable bonds is 0. The molecule has 0 aromatic carbocycles. The Bertz CT molecular complexity index is 251. The molecule has 2 aliphatic carbocycles. The van der Waals surface area contributed by atoms with Crippen molar-refractivity contribution in [3.8, 4) is 0 Å². The average Bonchev–Trinajstić information content (AvgIpc) is 2.74. The summed E-state index contributed by atoms with van der Waals surface area (Å²) in [4.78, 5) is 4.16. The molecule has 0 saturated heterocycles. The SMILES string of the molecule is NC1=NCC2(CCCC3CC32)O1. The molecule has 3 aliphatic rings. The maximum atomic E-state index is 5.67. The van der Waals surface area contributed by atoms with Crippen molar-refractivity contribution < 1.29 is 4.74 Å². The van der Waals surface area contributed by atoms with Gasteiger partial charge in [-0.3, -0.25) is 0 Å². The van der Waals surface area contributed by atoms with Gasteiger partial charge in [0.1, 0.15) is 5.60 Å². The first-order valence-electron chi connectivity index (χ1n) is 4.79. The molecule has 3 rings (SSSR count). The van der Waals surface area contributed by atoms with Crippen LogP contribution < -0.4 is 5.73 Å². The Labute approximate surface area is 72.0 Å². The van der Waals surface area contributed by atoms with Gasteiger partial charge in [-0.2, -0.15) is 0 Å². The first-order valence-corrected chi connectivity index (χ1v) is 4.79. The second-order valence-electron chi connectivity index (χ2n) is 4.32. The van der Waals surface area contributed by atoms with Crippen LogP contribution >= 0.6 is 0 Å². The Kier molecular flexibility index (Phi) is 1.10. The highest BCUT2D eigenvalue weighted by atomic mass is 16.5. The lowest BCUT2D eigenvalue weighted by Gasteiger charge is -2.31. The zero-order valence-corrected chi connectivity index (χ0v) is 7.12. The van der Waals surface area contributed by atoms with Crippen molar-refractivity contribution in [2.24, 2.45) is 22.6 Å². The number of hydrogen-bond donors (Lipinski definition) is 1. The van der Waals surface area contributed by atoms with E-state index in [9.17, 15) is 0 Å². The molecule has 0 amide bonds. The molecule has 1 aliphatic heterocycles. The second-order valence-corrected chi connectivity index (χ2v) is 4.32. The number of ether oxygens (including phenoxy) is 1. The molecule has 0 radical (unpaired) electrons. The number of fused-ring (bicyclic) bond motifs is 2. The molecule has 66 valence electrons. The van der Waals surface area contributed by atoms with Gasteiger partial charge < -0.3 is 10.5 Å². The van der Waals surface area contributed by atoms with E-state index in [1.54, 1.807) is 0 Å². The summed E-state index contributed by atoms with van der Waals surface area (Å²) in [5.74, 6) is 1.70. The van der Waals surface area contributed by atoms with Crippen LogP contribution in [0.1, 0.15) is 25.7 Å². The van der Waals surface area contributed by atoms with Gasteiger partial charge in [0, 0.05) is 5.92 Å². The monoisotopic (exact) mass is 166 g/mol. The molecule has 12 heavy (non-hydrogen) atoms. The van der Waals surface area contributed by atoms with Gasteiger partial charge >= 0.3 is 0 Å². The molecule has 0 aromatic heterocycles. The van der Waals surface area contributed by atoms with Crippen LogP contribution in [-0.2, 0) is 4.74 Å². The zero-order chi connectivity index (χ0) is 8.18. The van der Waals surface area contributed by atoms with E-state index in [4.69, 9.17) is 10.5 Å². The molecule has 1 spiro atoms. The number of nitrogens with two attached hydrogens (primary N) is 1. The van der Waals surface area contributed by atoms with Crippen LogP contribution in [0.25, 0.3) is 0 Å². The minimum Gasteiger partial charge on any atom is -0.457 e. The molecule has 3 nitrogen and oxygen atoms in total. The average molecular weight is 166 g/mol. The summed E-state index contributed by atoms with van der Waals surface area (Å²) < 4.78 is 5.67. The maximum absolute atomic E-state index is 5.67. The highest BCUT2D eigenvalue weighted by molar-refractivity contribution is 5.73. The van der Waals surface area contributed by atoms with E-state index in [1.165, 1.54) is 25.7 Å². The number of hydrogen-bond acceptors (Lipinski definition) is 3. The van der Waals surface area contributed by atoms with E-state index in [1.807, 2.05) is 0 Å². The van der Waals surface area contributed by atoms with Crippen LogP contribution in [0.4, 0.5) is 0 Å². The van der Waals surface area contributed by atoms with Crippen molar-refractivity contribution in [1.82, 2.24) is 0 Å². The van der Waals surface area contributed by atoms with E-state index in [2.05, 4.69) is 4.99 Å². The summed E-state index contributed by atoms with van der Waals surface area (Å²) >= 11 is 0. The molecule has 2 fully saturated rings. The largest absolute Gasteiger partial charge is 0.457 e. The van der Waals surface area contributed by atoms with Gasteiger partial charge in [0.15, 0.2) is 0 Å². The standard InChI is InChI=1S/C9H14N2O/c10-8-11-5-9(12-8)3-1-2-6-4-7(6)9/h6-7H,1-5H2,(H2,10,11). The van der Waals surface area contributed by atoms with Crippen LogP contribution in [0.5, 0.6) is 0 Å². The van der Waals surface area contributed by atoms with E-state index in [0.29, 0.717) is 6.02 Å². The summed E-state index contributed by atoms with van der Waals surface area (Å²) in [6.45, 7) is 0.819. The molecule has 0 bridgehead atoms.